The van der Waals surface area contributed by atoms with Crippen LogP contribution in [0.15, 0.2) is 29.8 Å². The molecule has 1 rings (SSSR count). The standard InChI is InChI=1S/C20H30O4/c1-5-15(19(23)24)9-8-14(2)7-6-12-20(3,4)17-11-10-16(21)13-18(17)22/h5,10-11,13-14,21-22H,6-9,12H2,1-4H3,(H,23,24)/b15-5+. The van der Waals surface area contributed by atoms with Gasteiger partial charge in [-0.2, -0.15) is 0 Å². The van der Waals surface area contributed by atoms with E-state index in [2.05, 4.69) is 20.8 Å². The highest BCUT2D eigenvalue weighted by Crippen LogP contribution is 2.37. The first-order valence-electron chi connectivity index (χ1n) is 8.58. The average molecular weight is 334 g/mol. The van der Waals surface area contributed by atoms with Crippen LogP contribution in [0.25, 0.3) is 0 Å². The Labute approximate surface area is 144 Å². The number of phenolic OH excluding ortho intramolecular Hbond substituents is 2. The lowest BCUT2D eigenvalue weighted by Gasteiger charge is -2.27. The number of rotatable bonds is 9. The number of hydrogen-bond acceptors (Lipinski definition) is 3. The van der Waals surface area contributed by atoms with Crippen LogP contribution in [-0.4, -0.2) is 21.3 Å². The van der Waals surface area contributed by atoms with E-state index in [1.807, 2.05) is 0 Å². The molecule has 0 radical (unpaired) electrons. The molecular weight excluding hydrogens is 304 g/mol. The number of benzene rings is 1. The zero-order valence-electron chi connectivity index (χ0n) is 15.2. The number of aromatic hydroxyl groups is 2. The minimum Gasteiger partial charge on any atom is -0.508 e. The molecule has 1 aromatic carbocycles. The van der Waals surface area contributed by atoms with E-state index in [1.165, 1.54) is 6.07 Å². The molecule has 0 saturated carbocycles. The van der Waals surface area contributed by atoms with Gasteiger partial charge in [0.05, 0.1) is 0 Å². The molecule has 0 aromatic heterocycles. The first-order valence-corrected chi connectivity index (χ1v) is 8.58. The Bertz CT molecular complexity index is 587. The molecule has 0 saturated heterocycles. The monoisotopic (exact) mass is 334 g/mol. The molecule has 3 N–H and O–H groups in total. The van der Waals surface area contributed by atoms with Crippen molar-refractivity contribution in [1.82, 2.24) is 0 Å². The Balaban J connectivity index is 2.49. The largest absolute Gasteiger partial charge is 0.508 e. The third-order valence-electron chi connectivity index (χ3n) is 4.74. The van der Waals surface area contributed by atoms with Gasteiger partial charge < -0.3 is 15.3 Å². The molecule has 0 bridgehead atoms. The molecule has 0 spiro atoms. The van der Waals surface area contributed by atoms with Crippen LogP contribution in [0.4, 0.5) is 0 Å². The maximum atomic E-state index is 11.0. The number of allylic oxidation sites excluding steroid dienone is 1. The number of carboxylic acids is 1. The van der Waals surface area contributed by atoms with Crippen LogP contribution in [0.3, 0.4) is 0 Å². The molecule has 4 nitrogen and oxygen atoms in total. The predicted molar refractivity (Wildman–Crippen MR) is 96.4 cm³/mol. The van der Waals surface area contributed by atoms with Gasteiger partial charge in [-0.1, -0.05) is 45.8 Å². The van der Waals surface area contributed by atoms with Crippen LogP contribution in [0.2, 0.25) is 0 Å². The van der Waals surface area contributed by atoms with Crippen LogP contribution >= 0.6 is 0 Å². The highest BCUT2D eigenvalue weighted by molar-refractivity contribution is 5.86. The summed E-state index contributed by atoms with van der Waals surface area (Å²) in [6, 6.07) is 4.76. The molecule has 1 unspecified atom stereocenters. The molecular formula is C20H30O4. The van der Waals surface area contributed by atoms with E-state index in [9.17, 15) is 15.0 Å². The summed E-state index contributed by atoms with van der Waals surface area (Å²) in [5.41, 5.74) is 1.15. The summed E-state index contributed by atoms with van der Waals surface area (Å²) in [4.78, 5) is 11.0. The molecule has 0 aliphatic heterocycles. The number of phenols is 2. The van der Waals surface area contributed by atoms with Crippen LogP contribution in [0, 0.1) is 5.92 Å². The third-order valence-corrected chi connectivity index (χ3v) is 4.74. The maximum absolute atomic E-state index is 11.0. The smallest absolute Gasteiger partial charge is 0.331 e. The second-order valence-corrected chi connectivity index (χ2v) is 7.24. The van der Waals surface area contributed by atoms with E-state index in [0.29, 0.717) is 17.9 Å². The summed E-state index contributed by atoms with van der Waals surface area (Å²) in [7, 11) is 0. The van der Waals surface area contributed by atoms with Gasteiger partial charge >= 0.3 is 5.97 Å². The minimum absolute atomic E-state index is 0.0684. The zero-order chi connectivity index (χ0) is 18.3. The normalized spacial score (nSPS) is 13.8. The fourth-order valence-corrected chi connectivity index (χ4v) is 3.04. The first kappa shape index (κ1) is 20.1. The Morgan fingerprint density at radius 3 is 2.46 bits per heavy atom. The number of carboxylic acid groups (broad SMARTS) is 1. The van der Waals surface area contributed by atoms with Crippen molar-refractivity contribution in [2.75, 3.05) is 0 Å². The maximum Gasteiger partial charge on any atom is 0.331 e. The molecule has 24 heavy (non-hydrogen) atoms. The summed E-state index contributed by atoms with van der Waals surface area (Å²) in [5.74, 6) is -0.164. The predicted octanol–water partition coefficient (Wildman–Crippen LogP) is 4.99. The molecule has 0 heterocycles. The Kier molecular flexibility index (Phi) is 7.33. The van der Waals surface area contributed by atoms with Crippen molar-refractivity contribution in [2.45, 2.75) is 65.2 Å². The van der Waals surface area contributed by atoms with Gasteiger partial charge in [0.15, 0.2) is 0 Å². The van der Waals surface area contributed by atoms with Crippen molar-refractivity contribution < 1.29 is 20.1 Å². The second-order valence-electron chi connectivity index (χ2n) is 7.24. The van der Waals surface area contributed by atoms with Gasteiger partial charge in [0.25, 0.3) is 0 Å². The fraction of sp³-hybridized carbons (Fsp3) is 0.550. The van der Waals surface area contributed by atoms with Crippen molar-refractivity contribution in [3.63, 3.8) is 0 Å². The van der Waals surface area contributed by atoms with Gasteiger partial charge in [0.1, 0.15) is 11.5 Å². The summed E-state index contributed by atoms with van der Waals surface area (Å²) < 4.78 is 0. The molecule has 0 aliphatic carbocycles. The van der Waals surface area contributed by atoms with Gasteiger partial charge in [-0.05, 0) is 49.1 Å². The van der Waals surface area contributed by atoms with E-state index in [-0.39, 0.29) is 16.9 Å². The minimum atomic E-state index is -0.825. The summed E-state index contributed by atoms with van der Waals surface area (Å²) in [6.45, 7) is 8.10. The van der Waals surface area contributed by atoms with E-state index >= 15 is 0 Å². The van der Waals surface area contributed by atoms with Crippen molar-refractivity contribution in [2.24, 2.45) is 5.92 Å². The summed E-state index contributed by atoms with van der Waals surface area (Å²) in [6.07, 6.45) is 6.11. The highest BCUT2D eigenvalue weighted by Gasteiger charge is 2.24. The fourth-order valence-electron chi connectivity index (χ4n) is 3.04. The van der Waals surface area contributed by atoms with Gasteiger partial charge in [0, 0.05) is 11.6 Å². The topological polar surface area (TPSA) is 77.8 Å². The first-order chi connectivity index (χ1) is 11.2. The third kappa shape index (κ3) is 5.91. The zero-order valence-corrected chi connectivity index (χ0v) is 15.2. The van der Waals surface area contributed by atoms with E-state index in [1.54, 1.807) is 25.1 Å². The van der Waals surface area contributed by atoms with Crippen LogP contribution < -0.4 is 0 Å². The van der Waals surface area contributed by atoms with E-state index < -0.39 is 5.97 Å². The highest BCUT2D eigenvalue weighted by atomic mass is 16.4. The molecule has 4 heteroatoms. The van der Waals surface area contributed by atoms with E-state index in [4.69, 9.17) is 5.11 Å². The Morgan fingerprint density at radius 1 is 1.25 bits per heavy atom. The van der Waals surface area contributed by atoms with Crippen molar-refractivity contribution >= 4 is 5.97 Å². The van der Waals surface area contributed by atoms with Crippen LogP contribution in [0.1, 0.15) is 65.4 Å². The molecule has 1 atom stereocenters. The Morgan fingerprint density at radius 2 is 1.92 bits per heavy atom. The van der Waals surface area contributed by atoms with E-state index in [0.717, 1.165) is 31.2 Å². The van der Waals surface area contributed by atoms with Crippen molar-refractivity contribution in [3.05, 3.63) is 35.4 Å². The van der Waals surface area contributed by atoms with Crippen molar-refractivity contribution in [3.8, 4) is 11.5 Å². The lowest BCUT2D eigenvalue weighted by Crippen LogP contribution is -2.17. The van der Waals surface area contributed by atoms with Gasteiger partial charge in [-0.25, -0.2) is 4.79 Å². The number of hydrogen-bond donors (Lipinski definition) is 3. The number of carbonyl (C=O) groups is 1. The summed E-state index contributed by atoms with van der Waals surface area (Å²) in [5, 5.41) is 28.5. The lowest BCUT2D eigenvalue weighted by atomic mass is 9.78. The summed E-state index contributed by atoms with van der Waals surface area (Å²) >= 11 is 0. The molecule has 0 amide bonds. The molecule has 0 fully saturated rings. The Hall–Kier alpha value is -1.97. The molecule has 134 valence electrons. The van der Waals surface area contributed by atoms with Gasteiger partial charge in [0.2, 0.25) is 0 Å². The van der Waals surface area contributed by atoms with Gasteiger partial charge in [-0.15, -0.1) is 0 Å². The van der Waals surface area contributed by atoms with Crippen LogP contribution in [-0.2, 0) is 10.2 Å². The molecule has 1 aromatic rings. The molecule has 0 aliphatic rings. The number of aliphatic carboxylic acids is 1. The van der Waals surface area contributed by atoms with Gasteiger partial charge in [-0.3, -0.25) is 0 Å². The second kappa shape index (κ2) is 8.76. The van der Waals surface area contributed by atoms with Crippen molar-refractivity contribution in [1.29, 1.82) is 0 Å². The SMILES string of the molecule is C/C=C(\CCC(C)CCCC(C)(C)c1ccc(O)cc1O)C(=O)O. The quantitative estimate of drug-likeness (QED) is 0.556. The van der Waals surface area contributed by atoms with Crippen LogP contribution in [0.5, 0.6) is 11.5 Å². The lowest BCUT2D eigenvalue weighted by molar-refractivity contribution is -0.132. The average Bonchev–Trinajstić information content (AvgIpc) is 2.46.